The number of rotatable bonds is 3. The molecule has 0 saturated heterocycles. The van der Waals surface area contributed by atoms with E-state index in [4.69, 9.17) is 5.73 Å². The van der Waals surface area contributed by atoms with Crippen LogP contribution in [0.2, 0.25) is 0 Å². The van der Waals surface area contributed by atoms with E-state index in [0.717, 1.165) is 15.6 Å². The largest absolute Gasteiger partial charge is 0.384 e. The van der Waals surface area contributed by atoms with E-state index in [1.807, 2.05) is 31.2 Å². The van der Waals surface area contributed by atoms with Crippen molar-refractivity contribution in [2.24, 2.45) is 5.73 Å². The van der Waals surface area contributed by atoms with Crippen LogP contribution in [0.5, 0.6) is 0 Å². The number of aliphatic hydroxyl groups is 2. The Morgan fingerprint density at radius 3 is 2.59 bits per heavy atom. The van der Waals surface area contributed by atoms with Gasteiger partial charge in [-0.05, 0) is 23.9 Å². The Hall–Kier alpha value is -1.43. The average molecular weight is 251 g/mol. The molecule has 1 aromatic carbocycles. The fourth-order valence-electron chi connectivity index (χ4n) is 1.77. The fourth-order valence-corrected chi connectivity index (χ4v) is 3.00. The van der Waals surface area contributed by atoms with E-state index in [0.29, 0.717) is 4.88 Å². The molecule has 2 atom stereocenters. The molecule has 0 aliphatic carbocycles. The normalized spacial score (nSPS) is 14.8. The van der Waals surface area contributed by atoms with Crippen molar-refractivity contribution in [2.75, 3.05) is 0 Å². The molecule has 0 aliphatic rings. The maximum Gasteiger partial charge on any atom is 0.249 e. The highest BCUT2D eigenvalue weighted by Gasteiger charge is 2.26. The number of carbonyl (C=O) groups excluding carboxylic acids is 1. The van der Waals surface area contributed by atoms with Crippen molar-refractivity contribution in [1.29, 1.82) is 0 Å². The molecule has 0 saturated carbocycles. The smallest absolute Gasteiger partial charge is 0.249 e. The molecular formula is C12H13NO3S. The van der Waals surface area contributed by atoms with Gasteiger partial charge in [0.1, 0.15) is 6.10 Å². The molecule has 0 aliphatic heterocycles. The minimum atomic E-state index is -1.57. The number of aliphatic hydroxyl groups excluding tert-OH is 2. The Balaban J connectivity index is 2.49. The Bertz CT molecular complexity index is 564. The predicted octanol–water partition coefficient (Wildman–Crippen LogP) is 1.09. The summed E-state index contributed by atoms with van der Waals surface area (Å²) < 4.78 is 1.01. The molecular weight excluding hydrogens is 238 g/mol. The number of fused-ring (bicyclic) bond motifs is 1. The van der Waals surface area contributed by atoms with E-state index < -0.39 is 18.1 Å². The molecule has 2 unspecified atom stereocenters. The van der Waals surface area contributed by atoms with Gasteiger partial charge in [-0.3, -0.25) is 4.79 Å². The third kappa shape index (κ3) is 2.04. The molecule has 1 amide bonds. The van der Waals surface area contributed by atoms with Crippen LogP contribution in [-0.4, -0.2) is 22.2 Å². The number of nitrogens with two attached hydrogens (primary N) is 1. The van der Waals surface area contributed by atoms with E-state index in [9.17, 15) is 15.0 Å². The summed E-state index contributed by atoms with van der Waals surface area (Å²) >= 11 is 1.36. The van der Waals surface area contributed by atoms with Crippen LogP contribution in [0, 0.1) is 6.92 Å². The minimum Gasteiger partial charge on any atom is -0.384 e. The van der Waals surface area contributed by atoms with Crippen molar-refractivity contribution in [3.63, 3.8) is 0 Å². The van der Waals surface area contributed by atoms with Crippen molar-refractivity contribution in [3.8, 4) is 0 Å². The van der Waals surface area contributed by atoms with Gasteiger partial charge in [-0.15, -0.1) is 11.3 Å². The van der Waals surface area contributed by atoms with E-state index in [2.05, 4.69) is 0 Å². The topological polar surface area (TPSA) is 83.6 Å². The average Bonchev–Trinajstić information content (AvgIpc) is 2.65. The molecule has 0 bridgehead atoms. The predicted molar refractivity (Wildman–Crippen MR) is 66.7 cm³/mol. The Kier molecular flexibility index (Phi) is 3.15. The highest BCUT2D eigenvalue weighted by Crippen LogP contribution is 2.35. The molecule has 4 N–H and O–H groups in total. The molecule has 17 heavy (non-hydrogen) atoms. The van der Waals surface area contributed by atoms with Gasteiger partial charge >= 0.3 is 0 Å². The lowest BCUT2D eigenvalue weighted by molar-refractivity contribution is -0.131. The van der Waals surface area contributed by atoms with Gasteiger partial charge in [0.05, 0.1) is 0 Å². The first-order chi connectivity index (χ1) is 8.02. The first-order valence-electron chi connectivity index (χ1n) is 5.16. The van der Waals surface area contributed by atoms with E-state index in [1.54, 1.807) is 0 Å². The molecule has 1 heterocycles. The monoisotopic (exact) mass is 251 g/mol. The van der Waals surface area contributed by atoms with Gasteiger partial charge < -0.3 is 15.9 Å². The first-order valence-corrected chi connectivity index (χ1v) is 5.97. The van der Waals surface area contributed by atoms with Crippen LogP contribution < -0.4 is 5.73 Å². The van der Waals surface area contributed by atoms with Crippen LogP contribution in [0.1, 0.15) is 16.5 Å². The summed E-state index contributed by atoms with van der Waals surface area (Å²) in [5, 5.41) is 20.4. The lowest BCUT2D eigenvalue weighted by Gasteiger charge is -2.13. The number of hydrogen-bond donors (Lipinski definition) is 3. The van der Waals surface area contributed by atoms with Crippen molar-refractivity contribution in [1.82, 2.24) is 0 Å². The lowest BCUT2D eigenvalue weighted by atomic mass is 10.1. The summed E-state index contributed by atoms with van der Waals surface area (Å²) in [6, 6.07) is 7.68. The Morgan fingerprint density at radius 2 is 2.00 bits per heavy atom. The van der Waals surface area contributed by atoms with Crippen LogP contribution in [0.25, 0.3) is 10.1 Å². The highest BCUT2D eigenvalue weighted by atomic mass is 32.1. The Labute approximate surface area is 102 Å². The second-order valence-electron chi connectivity index (χ2n) is 3.88. The zero-order valence-corrected chi connectivity index (χ0v) is 10.1. The quantitative estimate of drug-likeness (QED) is 0.763. The first kappa shape index (κ1) is 12.0. The standard InChI is InChI=1S/C12H13NO3S/c1-6-7-4-2-3-5-8(7)17-11(6)9(14)10(15)12(13)16/h2-5,9-10,14-15H,1H3,(H2,13,16). The molecule has 5 heteroatoms. The van der Waals surface area contributed by atoms with Gasteiger partial charge in [-0.1, -0.05) is 18.2 Å². The lowest BCUT2D eigenvalue weighted by Crippen LogP contribution is -2.33. The number of benzene rings is 1. The van der Waals surface area contributed by atoms with Crippen LogP contribution in [0.4, 0.5) is 0 Å². The SMILES string of the molecule is Cc1c(C(O)C(O)C(N)=O)sc2ccccc12. The number of thiophene rings is 1. The summed E-state index contributed by atoms with van der Waals surface area (Å²) in [5.74, 6) is -0.922. The highest BCUT2D eigenvalue weighted by molar-refractivity contribution is 7.19. The molecule has 2 rings (SSSR count). The summed E-state index contributed by atoms with van der Waals surface area (Å²) in [7, 11) is 0. The molecule has 4 nitrogen and oxygen atoms in total. The number of primary amides is 1. The zero-order valence-electron chi connectivity index (χ0n) is 9.25. The summed E-state index contributed by atoms with van der Waals surface area (Å²) in [6.07, 6.45) is -2.83. The minimum absolute atomic E-state index is 0.581. The van der Waals surface area contributed by atoms with Gasteiger partial charge in [0.25, 0.3) is 0 Å². The molecule has 90 valence electrons. The number of hydrogen-bond acceptors (Lipinski definition) is 4. The van der Waals surface area contributed by atoms with E-state index >= 15 is 0 Å². The van der Waals surface area contributed by atoms with Gasteiger partial charge in [0, 0.05) is 9.58 Å². The number of aryl methyl sites for hydroxylation is 1. The second-order valence-corrected chi connectivity index (χ2v) is 4.96. The van der Waals surface area contributed by atoms with Gasteiger partial charge in [-0.25, -0.2) is 0 Å². The molecule has 1 aromatic heterocycles. The molecule has 2 aromatic rings. The van der Waals surface area contributed by atoms with Crippen molar-refractivity contribution in [3.05, 3.63) is 34.7 Å². The zero-order chi connectivity index (χ0) is 12.6. The van der Waals surface area contributed by atoms with Crippen LogP contribution in [-0.2, 0) is 4.79 Å². The maximum absolute atomic E-state index is 10.9. The van der Waals surface area contributed by atoms with Crippen molar-refractivity contribution < 1.29 is 15.0 Å². The van der Waals surface area contributed by atoms with Gasteiger partial charge in [0.15, 0.2) is 6.10 Å². The van der Waals surface area contributed by atoms with Crippen molar-refractivity contribution >= 4 is 27.3 Å². The van der Waals surface area contributed by atoms with E-state index in [1.165, 1.54) is 11.3 Å². The van der Waals surface area contributed by atoms with E-state index in [-0.39, 0.29) is 0 Å². The number of amides is 1. The second kappa shape index (κ2) is 4.44. The fraction of sp³-hybridized carbons (Fsp3) is 0.250. The number of carbonyl (C=O) groups is 1. The van der Waals surface area contributed by atoms with Gasteiger partial charge in [0.2, 0.25) is 5.91 Å². The van der Waals surface area contributed by atoms with Crippen LogP contribution in [0.3, 0.4) is 0 Å². The molecule has 0 radical (unpaired) electrons. The van der Waals surface area contributed by atoms with Crippen LogP contribution >= 0.6 is 11.3 Å². The maximum atomic E-state index is 10.9. The third-order valence-corrected chi connectivity index (χ3v) is 4.08. The summed E-state index contributed by atoms with van der Waals surface area (Å²) in [5.41, 5.74) is 5.85. The van der Waals surface area contributed by atoms with Crippen LogP contribution in [0.15, 0.2) is 24.3 Å². The summed E-state index contributed by atoms with van der Waals surface area (Å²) in [4.78, 5) is 11.4. The summed E-state index contributed by atoms with van der Waals surface area (Å²) in [6.45, 7) is 1.85. The molecule has 0 fully saturated rings. The third-order valence-electron chi connectivity index (χ3n) is 2.74. The van der Waals surface area contributed by atoms with Gasteiger partial charge in [-0.2, -0.15) is 0 Å². The molecule has 0 spiro atoms. The van der Waals surface area contributed by atoms with Crippen molar-refractivity contribution in [2.45, 2.75) is 19.1 Å². The Morgan fingerprint density at radius 1 is 1.35 bits per heavy atom.